The molecule has 1 atom stereocenters. The summed E-state index contributed by atoms with van der Waals surface area (Å²) in [6.07, 6.45) is 3.57. The summed E-state index contributed by atoms with van der Waals surface area (Å²) in [5.74, 6) is 1.66. The molecule has 0 aromatic heterocycles. The SMILES string of the molecule is CCCOc1cc(N2CCC(CC)C2)ccc1N. The molecular formula is C15H24N2O. The molecule has 0 aliphatic carbocycles. The summed E-state index contributed by atoms with van der Waals surface area (Å²) in [5.41, 5.74) is 7.92. The van der Waals surface area contributed by atoms with Gasteiger partial charge < -0.3 is 15.4 Å². The van der Waals surface area contributed by atoms with E-state index in [-0.39, 0.29) is 0 Å². The zero-order chi connectivity index (χ0) is 13.0. The van der Waals surface area contributed by atoms with Gasteiger partial charge in [0.25, 0.3) is 0 Å². The van der Waals surface area contributed by atoms with E-state index in [4.69, 9.17) is 10.5 Å². The van der Waals surface area contributed by atoms with Gasteiger partial charge in [0.1, 0.15) is 5.75 Å². The maximum absolute atomic E-state index is 5.94. The number of nitrogens with zero attached hydrogens (tertiary/aromatic N) is 1. The molecule has 1 heterocycles. The number of hydrogen-bond donors (Lipinski definition) is 1. The Morgan fingerprint density at radius 3 is 2.89 bits per heavy atom. The summed E-state index contributed by atoms with van der Waals surface area (Å²) in [6, 6.07) is 6.15. The van der Waals surface area contributed by atoms with Crippen LogP contribution in [0.2, 0.25) is 0 Å². The maximum atomic E-state index is 5.94. The molecule has 1 unspecified atom stereocenters. The quantitative estimate of drug-likeness (QED) is 0.813. The number of hydrogen-bond acceptors (Lipinski definition) is 3. The normalized spacial score (nSPS) is 19.2. The number of rotatable bonds is 5. The molecule has 0 bridgehead atoms. The van der Waals surface area contributed by atoms with E-state index in [1.807, 2.05) is 6.07 Å². The Labute approximate surface area is 110 Å². The minimum Gasteiger partial charge on any atom is -0.491 e. The highest BCUT2D eigenvalue weighted by Gasteiger charge is 2.21. The van der Waals surface area contributed by atoms with Gasteiger partial charge in [0.05, 0.1) is 12.3 Å². The number of benzene rings is 1. The third kappa shape index (κ3) is 2.89. The molecule has 18 heavy (non-hydrogen) atoms. The molecule has 2 N–H and O–H groups in total. The minimum absolute atomic E-state index is 0.727. The third-order valence-electron chi connectivity index (χ3n) is 3.69. The number of nitrogens with two attached hydrogens (primary N) is 1. The van der Waals surface area contributed by atoms with E-state index >= 15 is 0 Å². The molecule has 1 aromatic carbocycles. The third-order valence-corrected chi connectivity index (χ3v) is 3.69. The standard InChI is InChI=1S/C15H24N2O/c1-3-9-18-15-10-13(5-6-14(15)16)17-8-7-12(4-2)11-17/h5-6,10,12H,3-4,7-9,11,16H2,1-2H3. The Morgan fingerprint density at radius 1 is 1.39 bits per heavy atom. The van der Waals surface area contributed by atoms with Crippen LogP contribution in [-0.2, 0) is 0 Å². The first kappa shape index (κ1) is 13.1. The monoisotopic (exact) mass is 248 g/mol. The van der Waals surface area contributed by atoms with Crippen molar-refractivity contribution >= 4 is 11.4 Å². The van der Waals surface area contributed by atoms with Gasteiger partial charge in [-0.15, -0.1) is 0 Å². The van der Waals surface area contributed by atoms with E-state index in [0.717, 1.165) is 43.5 Å². The molecule has 1 aromatic rings. The zero-order valence-corrected chi connectivity index (χ0v) is 11.5. The molecule has 100 valence electrons. The van der Waals surface area contributed by atoms with E-state index in [0.29, 0.717) is 0 Å². The minimum atomic E-state index is 0.727. The van der Waals surface area contributed by atoms with E-state index in [9.17, 15) is 0 Å². The summed E-state index contributed by atoms with van der Waals surface area (Å²) in [4.78, 5) is 2.44. The highest BCUT2D eigenvalue weighted by Crippen LogP contribution is 2.31. The van der Waals surface area contributed by atoms with Gasteiger partial charge in [-0.3, -0.25) is 0 Å². The molecule has 0 spiro atoms. The lowest BCUT2D eigenvalue weighted by Crippen LogP contribution is -2.19. The van der Waals surface area contributed by atoms with Gasteiger partial charge in [0.15, 0.2) is 0 Å². The topological polar surface area (TPSA) is 38.5 Å². The van der Waals surface area contributed by atoms with Crippen LogP contribution in [0.5, 0.6) is 5.75 Å². The molecular weight excluding hydrogens is 224 g/mol. The molecule has 1 aliphatic rings. The van der Waals surface area contributed by atoms with Crippen LogP contribution < -0.4 is 15.4 Å². The van der Waals surface area contributed by atoms with Crippen molar-refractivity contribution in [1.29, 1.82) is 0 Å². The van der Waals surface area contributed by atoms with Gasteiger partial charge in [0, 0.05) is 24.8 Å². The van der Waals surface area contributed by atoms with E-state index < -0.39 is 0 Å². The van der Waals surface area contributed by atoms with Crippen molar-refractivity contribution < 1.29 is 4.74 Å². The number of anilines is 2. The maximum Gasteiger partial charge on any atom is 0.144 e. The molecule has 3 heteroatoms. The Morgan fingerprint density at radius 2 is 2.22 bits per heavy atom. The average molecular weight is 248 g/mol. The van der Waals surface area contributed by atoms with E-state index in [2.05, 4.69) is 30.9 Å². The van der Waals surface area contributed by atoms with Gasteiger partial charge in [-0.05, 0) is 30.9 Å². The summed E-state index contributed by atoms with van der Waals surface area (Å²) < 4.78 is 5.69. The zero-order valence-electron chi connectivity index (χ0n) is 11.5. The predicted molar refractivity (Wildman–Crippen MR) is 77.3 cm³/mol. The van der Waals surface area contributed by atoms with Crippen molar-refractivity contribution in [3.8, 4) is 5.75 Å². The predicted octanol–water partition coefficient (Wildman–Crippen LogP) is 3.29. The second-order valence-corrected chi connectivity index (χ2v) is 5.08. The van der Waals surface area contributed by atoms with Crippen LogP contribution in [0.4, 0.5) is 11.4 Å². The van der Waals surface area contributed by atoms with Gasteiger partial charge in [0.2, 0.25) is 0 Å². The molecule has 0 saturated carbocycles. The second-order valence-electron chi connectivity index (χ2n) is 5.08. The Hall–Kier alpha value is -1.38. The van der Waals surface area contributed by atoms with Crippen molar-refractivity contribution in [3.63, 3.8) is 0 Å². The molecule has 0 amide bonds. The molecule has 1 fully saturated rings. The lowest BCUT2D eigenvalue weighted by molar-refractivity contribution is 0.319. The first-order valence-electron chi connectivity index (χ1n) is 7.01. The average Bonchev–Trinajstić information content (AvgIpc) is 2.86. The highest BCUT2D eigenvalue weighted by molar-refractivity contribution is 5.62. The lowest BCUT2D eigenvalue weighted by atomic mass is 10.1. The molecule has 0 radical (unpaired) electrons. The lowest BCUT2D eigenvalue weighted by Gasteiger charge is -2.20. The van der Waals surface area contributed by atoms with Crippen LogP contribution in [0.3, 0.4) is 0 Å². The van der Waals surface area contributed by atoms with Crippen molar-refractivity contribution in [1.82, 2.24) is 0 Å². The number of nitrogen functional groups attached to an aromatic ring is 1. The van der Waals surface area contributed by atoms with Crippen LogP contribution >= 0.6 is 0 Å². The van der Waals surface area contributed by atoms with Crippen molar-refractivity contribution in [2.24, 2.45) is 5.92 Å². The van der Waals surface area contributed by atoms with Gasteiger partial charge in [-0.2, -0.15) is 0 Å². The summed E-state index contributed by atoms with van der Waals surface area (Å²) >= 11 is 0. The van der Waals surface area contributed by atoms with Gasteiger partial charge in [-0.1, -0.05) is 20.3 Å². The van der Waals surface area contributed by atoms with Crippen molar-refractivity contribution in [2.45, 2.75) is 33.1 Å². The van der Waals surface area contributed by atoms with E-state index in [1.54, 1.807) is 0 Å². The molecule has 3 nitrogen and oxygen atoms in total. The first-order valence-corrected chi connectivity index (χ1v) is 7.01. The highest BCUT2D eigenvalue weighted by atomic mass is 16.5. The Bertz CT molecular complexity index is 392. The summed E-state index contributed by atoms with van der Waals surface area (Å²) in [5, 5.41) is 0. The van der Waals surface area contributed by atoms with Crippen LogP contribution in [-0.4, -0.2) is 19.7 Å². The van der Waals surface area contributed by atoms with Gasteiger partial charge in [-0.25, -0.2) is 0 Å². The Kier molecular flexibility index (Phi) is 4.34. The fourth-order valence-electron chi connectivity index (χ4n) is 2.46. The molecule has 2 rings (SSSR count). The number of ether oxygens (including phenoxy) is 1. The van der Waals surface area contributed by atoms with Crippen LogP contribution in [0.1, 0.15) is 33.1 Å². The summed E-state index contributed by atoms with van der Waals surface area (Å²) in [7, 11) is 0. The second kappa shape index (κ2) is 5.98. The van der Waals surface area contributed by atoms with Crippen LogP contribution in [0.15, 0.2) is 18.2 Å². The largest absolute Gasteiger partial charge is 0.491 e. The fourth-order valence-corrected chi connectivity index (χ4v) is 2.46. The smallest absolute Gasteiger partial charge is 0.144 e. The van der Waals surface area contributed by atoms with Crippen LogP contribution in [0, 0.1) is 5.92 Å². The fraction of sp³-hybridized carbons (Fsp3) is 0.600. The van der Waals surface area contributed by atoms with Crippen molar-refractivity contribution in [3.05, 3.63) is 18.2 Å². The molecule has 1 aliphatic heterocycles. The van der Waals surface area contributed by atoms with Gasteiger partial charge >= 0.3 is 0 Å². The van der Waals surface area contributed by atoms with Crippen molar-refractivity contribution in [2.75, 3.05) is 30.3 Å². The first-order chi connectivity index (χ1) is 8.74. The Balaban J connectivity index is 2.09. The van der Waals surface area contributed by atoms with Crippen LogP contribution in [0.25, 0.3) is 0 Å². The molecule has 1 saturated heterocycles. The van der Waals surface area contributed by atoms with E-state index in [1.165, 1.54) is 18.5 Å². The summed E-state index contributed by atoms with van der Waals surface area (Å²) in [6.45, 7) is 7.41.